The Morgan fingerprint density at radius 3 is 2.69 bits per heavy atom. The summed E-state index contributed by atoms with van der Waals surface area (Å²) in [6.07, 6.45) is 14.5. The molecule has 10 atom stereocenters. The summed E-state index contributed by atoms with van der Waals surface area (Å²) in [6.45, 7) is 14.3. The van der Waals surface area contributed by atoms with E-state index in [9.17, 15) is 4.79 Å². The van der Waals surface area contributed by atoms with Crippen LogP contribution in [0.5, 0.6) is 0 Å². The van der Waals surface area contributed by atoms with Crippen molar-refractivity contribution in [1.29, 1.82) is 0 Å². The zero-order valence-corrected chi connectivity index (χ0v) is 23.4. The molecule has 0 aromatic rings. The van der Waals surface area contributed by atoms with Gasteiger partial charge in [-0.15, -0.1) is 0 Å². The smallest absolute Gasteiger partial charge is 0.217 e. The Morgan fingerprint density at radius 1 is 1.11 bits per heavy atom. The van der Waals surface area contributed by atoms with Gasteiger partial charge >= 0.3 is 0 Å². The van der Waals surface area contributed by atoms with E-state index in [0.717, 1.165) is 36.1 Å². The van der Waals surface area contributed by atoms with Gasteiger partial charge in [0, 0.05) is 19.0 Å². The van der Waals surface area contributed by atoms with Crippen molar-refractivity contribution in [2.75, 3.05) is 6.54 Å². The third-order valence-corrected chi connectivity index (χ3v) is 11.4. The van der Waals surface area contributed by atoms with Gasteiger partial charge in [-0.1, -0.05) is 38.8 Å². The molecular formula is C31H52N2O2. The van der Waals surface area contributed by atoms with Crippen LogP contribution in [0.25, 0.3) is 0 Å². The van der Waals surface area contributed by atoms with Crippen LogP contribution in [0.4, 0.5) is 0 Å². The van der Waals surface area contributed by atoms with Gasteiger partial charge in [0.2, 0.25) is 5.91 Å². The SMILES string of the molecule is CC.CC(=O)NC1CCC2(C)C(CCC3C4CCC5(CC(C)=C4CC32)CC2NCC(C)CC2O5)C1. The van der Waals surface area contributed by atoms with Crippen molar-refractivity contribution in [3.05, 3.63) is 11.1 Å². The van der Waals surface area contributed by atoms with Crippen LogP contribution in [0.2, 0.25) is 0 Å². The maximum atomic E-state index is 11.6. The van der Waals surface area contributed by atoms with Gasteiger partial charge in [0.1, 0.15) is 0 Å². The van der Waals surface area contributed by atoms with Crippen LogP contribution < -0.4 is 10.6 Å². The molecule has 0 aromatic carbocycles. The van der Waals surface area contributed by atoms with E-state index in [2.05, 4.69) is 31.4 Å². The number of allylic oxidation sites excluding steroid dienone is 1. The Morgan fingerprint density at radius 2 is 1.91 bits per heavy atom. The molecule has 4 nitrogen and oxygen atoms in total. The number of hydrogen-bond donors (Lipinski definition) is 2. The minimum absolute atomic E-state index is 0.0981. The highest BCUT2D eigenvalue weighted by Gasteiger charge is 2.57. The van der Waals surface area contributed by atoms with Gasteiger partial charge in [-0.2, -0.15) is 0 Å². The molecule has 0 radical (unpaired) electrons. The largest absolute Gasteiger partial charge is 0.370 e. The third kappa shape index (κ3) is 4.54. The van der Waals surface area contributed by atoms with Gasteiger partial charge in [0.25, 0.3) is 0 Å². The molecule has 35 heavy (non-hydrogen) atoms. The van der Waals surface area contributed by atoms with Gasteiger partial charge in [0.05, 0.1) is 11.7 Å². The van der Waals surface area contributed by atoms with E-state index >= 15 is 0 Å². The molecule has 0 bridgehead atoms. The molecule has 2 saturated heterocycles. The third-order valence-electron chi connectivity index (χ3n) is 11.4. The fourth-order valence-electron chi connectivity index (χ4n) is 9.86. The Balaban J connectivity index is 0.00000124. The lowest BCUT2D eigenvalue weighted by Crippen LogP contribution is -2.50. The van der Waals surface area contributed by atoms with Crippen molar-refractivity contribution < 1.29 is 9.53 Å². The topological polar surface area (TPSA) is 50.4 Å². The van der Waals surface area contributed by atoms with Crippen LogP contribution in [0.3, 0.4) is 0 Å². The van der Waals surface area contributed by atoms with Crippen LogP contribution in [0, 0.1) is 35.0 Å². The van der Waals surface area contributed by atoms with Crippen molar-refractivity contribution in [2.24, 2.45) is 35.0 Å². The van der Waals surface area contributed by atoms with E-state index in [0.29, 0.717) is 23.6 Å². The molecule has 2 N–H and O–H groups in total. The van der Waals surface area contributed by atoms with E-state index in [1.54, 1.807) is 12.5 Å². The number of carbonyl (C=O) groups excluding carboxylic acids is 1. The quantitative estimate of drug-likeness (QED) is 0.424. The second kappa shape index (κ2) is 9.78. The van der Waals surface area contributed by atoms with E-state index in [-0.39, 0.29) is 11.5 Å². The molecule has 0 aromatic heterocycles. The van der Waals surface area contributed by atoms with E-state index in [4.69, 9.17) is 4.74 Å². The molecule has 198 valence electrons. The maximum Gasteiger partial charge on any atom is 0.217 e. The summed E-state index contributed by atoms with van der Waals surface area (Å²) in [5, 5.41) is 7.06. The number of ether oxygens (including phenoxy) is 1. The summed E-state index contributed by atoms with van der Waals surface area (Å²) in [4.78, 5) is 11.6. The van der Waals surface area contributed by atoms with E-state index < -0.39 is 0 Å². The number of hydrogen-bond acceptors (Lipinski definition) is 3. The van der Waals surface area contributed by atoms with Crippen molar-refractivity contribution in [3.63, 3.8) is 0 Å². The minimum Gasteiger partial charge on any atom is -0.370 e. The van der Waals surface area contributed by atoms with Crippen molar-refractivity contribution >= 4 is 5.91 Å². The van der Waals surface area contributed by atoms with E-state index in [1.807, 2.05) is 19.4 Å². The Bertz CT molecular complexity index is 838. The lowest BCUT2D eigenvalue weighted by atomic mass is 9.52. The van der Waals surface area contributed by atoms with Gasteiger partial charge in [-0.3, -0.25) is 4.79 Å². The number of rotatable bonds is 1. The minimum atomic E-state index is 0.0981. The first kappa shape index (κ1) is 25.8. The fourth-order valence-corrected chi connectivity index (χ4v) is 9.86. The highest BCUT2D eigenvalue weighted by Crippen LogP contribution is 2.65. The molecule has 5 fully saturated rings. The Labute approximate surface area is 214 Å². The first-order valence-electron chi connectivity index (χ1n) is 15.1. The highest BCUT2D eigenvalue weighted by atomic mass is 16.5. The molecule has 6 rings (SSSR count). The van der Waals surface area contributed by atoms with Gasteiger partial charge in [0.15, 0.2) is 0 Å². The van der Waals surface area contributed by atoms with Crippen LogP contribution in [-0.4, -0.2) is 36.2 Å². The predicted molar refractivity (Wildman–Crippen MR) is 143 cm³/mol. The summed E-state index contributed by atoms with van der Waals surface area (Å²) in [5.74, 6) is 4.21. The molecule has 1 spiro atoms. The maximum absolute atomic E-state index is 11.6. The molecule has 1 amide bonds. The zero-order valence-electron chi connectivity index (χ0n) is 23.4. The Kier molecular flexibility index (Phi) is 7.20. The second-order valence-corrected chi connectivity index (χ2v) is 13.5. The molecule has 3 saturated carbocycles. The van der Waals surface area contributed by atoms with Crippen LogP contribution in [-0.2, 0) is 9.53 Å². The lowest BCUT2D eigenvalue weighted by Gasteiger charge is -2.54. The molecule has 4 aliphatic carbocycles. The van der Waals surface area contributed by atoms with Gasteiger partial charge in [-0.25, -0.2) is 0 Å². The fraction of sp³-hybridized carbons (Fsp3) is 0.903. The molecule has 4 heteroatoms. The first-order valence-corrected chi connectivity index (χ1v) is 15.1. The van der Waals surface area contributed by atoms with Gasteiger partial charge < -0.3 is 15.4 Å². The number of nitrogens with one attached hydrogen (secondary N) is 2. The molecule has 2 heterocycles. The molecular weight excluding hydrogens is 432 g/mol. The second-order valence-electron chi connectivity index (χ2n) is 13.5. The predicted octanol–water partition coefficient (Wildman–Crippen LogP) is 6.40. The van der Waals surface area contributed by atoms with Crippen molar-refractivity contribution in [2.45, 2.75) is 136 Å². The number of amides is 1. The van der Waals surface area contributed by atoms with Crippen LogP contribution >= 0.6 is 0 Å². The molecule has 10 unspecified atom stereocenters. The average Bonchev–Trinajstić information content (AvgIpc) is 3.34. The summed E-state index contributed by atoms with van der Waals surface area (Å²) < 4.78 is 6.93. The highest BCUT2D eigenvalue weighted by molar-refractivity contribution is 5.73. The van der Waals surface area contributed by atoms with Crippen LogP contribution in [0.15, 0.2) is 11.1 Å². The standard InChI is InChI=1S/C29H46N2O2.C2H6/c1-17-11-27-26(30-16-17)15-29(33-27)10-8-22-23-6-5-20-12-21(31-19(3)32)7-9-28(20,4)25(23)13-24(22)18(2)14-29;1-2/h17,20-23,25-27,30H,5-16H2,1-4H3,(H,31,32);1-2H3. The average molecular weight is 485 g/mol. The summed E-state index contributed by atoms with van der Waals surface area (Å²) >= 11 is 0. The summed E-state index contributed by atoms with van der Waals surface area (Å²) in [6, 6.07) is 0.988. The zero-order chi connectivity index (χ0) is 25.0. The molecule has 6 aliphatic rings. The first-order chi connectivity index (χ1) is 16.8. The van der Waals surface area contributed by atoms with Crippen molar-refractivity contribution in [3.8, 4) is 0 Å². The molecule has 2 aliphatic heterocycles. The number of piperidine rings is 1. The Hall–Kier alpha value is -0.870. The van der Waals surface area contributed by atoms with Crippen molar-refractivity contribution in [1.82, 2.24) is 10.6 Å². The number of fused-ring (bicyclic) bond motifs is 6. The summed E-state index contributed by atoms with van der Waals surface area (Å²) in [5.41, 5.74) is 4.09. The summed E-state index contributed by atoms with van der Waals surface area (Å²) in [7, 11) is 0. The normalized spacial score (nSPS) is 48.6. The number of carbonyl (C=O) groups is 1. The van der Waals surface area contributed by atoms with E-state index in [1.165, 1.54) is 70.6 Å². The van der Waals surface area contributed by atoms with Gasteiger partial charge in [-0.05, 0) is 119 Å². The van der Waals surface area contributed by atoms with Crippen LogP contribution in [0.1, 0.15) is 112 Å². The monoisotopic (exact) mass is 484 g/mol. The lowest BCUT2D eigenvalue weighted by molar-refractivity contribution is -0.121.